The van der Waals surface area contributed by atoms with Crippen molar-refractivity contribution < 1.29 is 4.74 Å². The Kier molecular flexibility index (Phi) is 4.21. The van der Waals surface area contributed by atoms with Gasteiger partial charge in [0.2, 0.25) is 0 Å². The minimum absolute atomic E-state index is 0.137. The van der Waals surface area contributed by atoms with Gasteiger partial charge in [-0.25, -0.2) is 0 Å². The summed E-state index contributed by atoms with van der Waals surface area (Å²) in [7, 11) is 1.73. The standard InChI is InChI=1S/C12H19ClO/c1-8(2)7-10-5-6-11(14-4)9(3)12(10)13/h5-6,8-9,11H,7H2,1-4H3. The van der Waals surface area contributed by atoms with Crippen LogP contribution in [-0.2, 0) is 4.74 Å². The van der Waals surface area contributed by atoms with Gasteiger partial charge in [0.15, 0.2) is 0 Å². The second-order valence-corrected chi connectivity index (χ2v) is 4.73. The van der Waals surface area contributed by atoms with Crippen molar-refractivity contribution in [2.45, 2.75) is 33.3 Å². The smallest absolute Gasteiger partial charge is 0.0829 e. The molecule has 0 radical (unpaired) electrons. The van der Waals surface area contributed by atoms with Gasteiger partial charge < -0.3 is 4.74 Å². The van der Waals surface area contributed by atoms with Crippen molar-refractivity contribution in [2.24, 2.45) is 11.8 Å². The number of allylic oxidation sites excluding steroid dienone is 2. The van der Waals surface area contributed by atoms with Crippen molar-refractivity contribution in [3.8, 4) is 0 Å². The molecule has 14 heavy (non-hydrogen) atoms. The highest BCUT2D eigenvalue weighted by Crippen LogP contribution is 2.32. The Labute approximate surface area is 91.8 Å². The average Bonchev–Trinajstić information content (AvgIpc) is 2.13. The van der Waals surface area contributed by atoms with Crippen molar-refractivity contribution in [3.63, 3.8) is 0 Å². The van der Waals surface area contributed by atoms with Crippen molar-refractivity contribution in [2.75, 3.05) is 7.11 Å². The third-order valence-corrected chi connectivity index (χ3v) is 3.17. The minimum atomic E-state index is 0.137. The van der Waals surface area contributed by atoms with E-state index in [9.17, 15) is 0 Å². The van der Waals surface area contributed by atoms with Crippen LogP contribution >= 0.6 is 11.6 Å². The van der Waals surface area contributed by atoms with E-state index in [1.165, 1.54) is 5.57 Å². The van der Waals surface area contributed by atoms with Crippen LogP contribution in [0, 0.1) is 11.8 Å². The van der Waals surface area contributed by atoms with E-state index in [0.29, 0.717) is 11.8 Å². The van der Waals surface area contributed by atoms with Gasteiger partial charge in [0.1, 0.15) is 0 Å². The van der Waals surface area contributed by atoms with Crippen LogP contribution in [0.2, 0.25) is 0 Å². The molecule has 80 valence electrons. The summed E-state index contributed by atoms with van der Waals surface area (Å²) in [6.45, 7) is 6.52. The van der Waals surface area contributed by atoms with E-state index in [0.717, 1.165) is 11.5 Å². The molecule has 0 fully saturated rings. The Morgan fingerprint density at radius 3 is 2.64 bits per heavy atom. The first-order chi connectivity index (χ1) is 6.56. The molecule has 0 aromatic heterocycles. The van der Waals surface area contributed by atoms with Gasteiger partial charge >= 0.3 is 0 Å². The average molecular weight is 215 g/mol. The van der Waals surface area contributed by atoms with Crippen molar-refractivity contribution in [3.05, 3.63) is 22.8 Å². The minimum Gasteiger partial charge on any atom is -0.377 e. The quantitative estimate of drug-likeness (QED) is 0.696. The number of halogens is 1. The van der Waals surface area contributed by atoms with Crippen LogP contribution < -0.4 is 0 Å². The van der Waals surface area contributed by atoms with Crippen LogP contribution in [0.25, 0.3) is 0 Å². The Hall–Kier alpha value is -0.270. The molecule has 2 unspecified atom stereocenters. The fourth-order valence-corrected chi connectivity index (χ4v) is 2.05. The fourth-order valence-electron chi connectivity index (χ4n) is 1.78. The van der Waals surface area contributed by atoms with Crippen LogP contribution in [0.4, 0.5) is 0 Å². The zero-order valence-electron chi connectivity index (χ0n) is 9.38. The lowest BCUT2D eigenvalue weighted by molar-refractivity contribution is 0.109. The maximum absolute atomic E-state index is 6.30. The van der Waals surface area contributed by atoms with Crippen molar-refractivity contribution >= 4 is 11.6 Å². The SMILES string of the molecule is COC1C=CC(CC(C)C)=C(Cl)C1C. The summed E-state index contributed by atoms with van der Waals surface area (Å²) in [5, 5.41) is 0.966. The molecule has 0 saturated carbocycles. The van der Waals surface area contributed by atoms with Crippen molar-refractivity contribution in [1.82, 2.24) is 0 Å². The first kappa shape index (κ1) is 11.8. The normalized spacial score (nSPS) is 27.6. The summed E-state index contributed by atoms with van der Waals surface area (Å²) in [4.78, 5) is 0. The second-order valence-electron chi connectivity index (χ2n) is 4.32. The van der Waals surface area contributed by atoms with Crippen molar-refractivity contribution in [1.29, 1.82) is 0 Å². The predicted octanol–water partition coefficient (Wildman–Crippen LogP) is 3.75. The number of rotatable bonds is 3. The van der Waals surface area contributed by atoms with Crippen LogP contribution in [0.5, 0.6) is 0 Å². The van der Waals surface area contributed by atoms with Gasteiger partial charge in [0.05, 0.1) is 6.10 Å². The van der Waals surface area contributed by atoms with E-state index in [4.69, 9.17) is 16.3 Å². The van der Waals surface area contributed by atoms with Gasteiger partial charge in [-0.1, -0.05) is 44.5 Å². The summed E-state index contributed by atoms with van der Waals surface area (Å²) in [5.41, 5.74) is 1.27. The summed E-state index contributed by atoms with van der Waals surface area (Å²) >= 11 is 6.30. The highest BCUT2D eigenvalue weighted by atomic mass is 35.5. The van der Waals surface area contributed by atoms with E-state index < -0.39 is 0 Å². The van der Waals surface area contributed by atoms with E-state index >= 15 is 0 Å². The van der Waals surface area contributed by atoms with E-state index in [2.05, 4.69) is 32.9 Å². The zero-order valence-corrected chi connectivity index (χ0v) is 10.1. The maximum Gasteiger partial charge on any atom is 0.0829 e. The molecule has 2 atom stereocenters. The Morgan fingerprint density at radius 2 is 2.14 bits per heavy atom. The molecule has 0 N–H and O–H groups in total. The Balaban J connectivity index is 2.78. The first-order valence-corrected chi connectivity index (χ1v) is 5.53. The molecular formula is C12H19ClO. The molecule has 0 aromatic rings. The number of hydrogen-bond acceptors (Lipinski definition) is 1. The molecule has 0 saturated heterocycles. The monoisotopic (exact) mass is 214 g/mol. The molecule has 1 nitrogen and oxygen atoms in total. The van der Waals surface area contributed by atoms with Gasteiger partial charge in [-0.05, 0) is 17.9 Å². The van der Waals surface area contributed by atoms with Crippen LogP contribution in [0.15, 0.2) is 22.8 Å². The molecule has 2 heteroatoms. The molecule has 0 spiro atoms. The van der Waals surface area contributed by atoms with Crippen LogP contribution in [0.1, 0.15) is 27.2 Å². The molecule has 0 aliphatic heterocycles. The summed E-state index contributed by atoms with van der Waals surface area (Å²) in [5.74, 6) is 0.940. The molecule has 1 aliphatic rings. The molecule has 0 aromatic carbocycles. The van der Waals surface area contributed by atoms with Gasteiger partial charge in [0, 0.05) is 18.1 Å². The molecule has 0 bridgehead atoms. The first-order valence-electron chi connectivity index (χ1n) is 5.15. The van der Waals surface area contributed by atoms with E-state index in [-0.39, 0.29) is 6.10 Å². The van der Waals surface area contributed by atoms with E-state index in [1.807, 2.05) is 0 Å². The highest BCUT2D eigenvalue weighted by Gasteiger charge is 2.23. The number of methoxy groups -OCH3 is 1. The summed E-state index contributed by atoms with van der Waals surface area (Å²) < 4.78 is 5.32. The lowest BCUT2D eigenvalue weighted by Crippen LogP contribution is -2.21. The largest absolute Gasteiger partial charge is 0.377 e. The lowest BCUT2D eigenvalue weighted by atomic mass is 9.90. The third-order valence-electron chi connectivity index (χ3n) is 2.59. The maximum atomic E-state index is 6.30. The topological polar surface area (TPSA) is 9.23 Å². The molecule has 1 rings (SSSR count). The fraction of sp³-hybridized carbons (Fsp3) is 0.667. The van der Waals surface area contributed by atoms with Gasteiger partial charge in [-0.15, -0.1) is 0 Å². The van der Waals surface area contributed by atoms with Crippen LogP contribution in [0.3, 0.4) is 0 Å². The second kappa shape index (κ2) is 4.99. The predicted molar refractivity (Wildman–Crippen MR) is 61.4 cm³/mol. The Morgan fingerprint density at radius 1 is 1.50 bits per heavy atom. The van der Waals surface area contributed by atoms with E-state index in [1.54, 1.807) is 7.11 Å². The van der Waals surface area contributed by atoms with Crippen LogP contribution in [-0.4, -0.2) is 13.2 Å². The third kappa shape index (κ3) is 2.61. The zero-order chi connectivity index (χ0) is 10.7. The molecular weight excluding hydrogens is 196 g/mol. The summed E-state index contributed by atoms with van der Waals surface area (Å²) in [6.07, 6.45) is 5.40. The van der Waals surface area contributed by atoms with Gasteiger partial charge in [-0.3, -0.25) is 0 Å². The Bertz CT molecular complexity index is 253. The highest BCUT2D eigenvalue weighted by molar-refractivity contribution is 6.30. The molecule has 1 aliphatic carbocycles. The van der Waals surface area contributed by atoms with Gasteiger partial charge in [0.25, 0.3) is 0 Å². The number of ether oxygens (including phenoxy) is 1. The lowest BCUT2D eigenvalue weighted by Gasteiger charge is -2.25. The summed E-state index contributed by atoms with van der Waals surface area (Å²) in [6, 6.07) is 0. The molecule has 0 heterocycles. The van der Waals surface area contributed by atoms with Gasteiger partial charge in [-0.2, -0.15) is 0 Å². The molecule has 0 amide bonds. The number of hydrogen-bond donors (Lipinski definition) is 0.